The first-order valence-electron chi connectivity index (χ1n) is 9.21. The van der Waals surface area contributed by atoms with Crippen molar-refractivity contribution in [2.24, 2.45) is 5.73 Å². The first-order valence-corrected chi connectivity index (χ1v) is 9.21. The van der Waals surface area contributed by atoms with Crippen LogP contribution in [-0.2, 0) is 6.42 Å². The van der Waals surface area contributed by atoms with E-state index in [2.05, 4.69) is 42.5 Å². The second kappa shape index (κ2) is 9.60. The molecule has 0 saturated heterocycles. The van der Waals surface area contributed by atoms with E-state index in [0.29, 0.717) is 13.2 Å². The van der Waals surface area contributed by atoms with Crippen molar-refractivity contribution in [3.05, 3.63) is 95.6 Å². The van der Waals surface area contributed by atoms with Crippen LogP contribution in [0.3, 0.4) is 0 Å². The van der Waals surface area contributed by atoms with Crippen LogP contribution in [0.4, 0.5) is 0 Å². The highest BCUT2D eigenvalue weighted by Gasteiger charge is 2.04. The van der Waals surface area contributed by atoms with E-state index in [1.165, 1.54) is 16.7 Å². The largest absolute Gasteiger partial charge is 0.508 e. The van der Waals surface area contributed by atoms with Gasteiger partial charge in [-0.2, -0.15) is 0 Å². The third kappa shape index (κ3) is 5.73. The molecule has 138 valence electrons. The number of ether oxygens (including phenoxy) is 1. The minimum Gasteiger partial charge on any atom is -0.508 e. The summed E-state index contributed by atoms with van der Waals surface area (Å²) in [5.41, 5.74) is 10.3. The smallest absolute Gasteiger partial charge is 0.119 e. The Morgan fingerprint density at radius 3 is 2.26 bits per heavy atom. The number of nitrogens with two attached hydrogens (primary N) is 1. The fraction of sp³-hybridized carbons (Fsp3) is 0.167. The van der Waals surface area contributed by atoms with Gasteiger partial charge in [-0.1, -0.05) is 60.7 Å². The maximum absolute atomic E-state index is 9.50. The zero-order valence-corrected chi connectivity index (χ0v) is 15.3. The molecule has 0 aromatic heterocycles. The molecule has 0 aliphatic carbocycles. The third-order valence-corrected chi connectivity index (χ3v) is 4.37. The van der Waals surface area contributed by atoms with Crippen molar-refractivity contribution in [2.75, 3.05) is 13.2 Å². The molecule has 3 rings (SSSR count). The summed E-state index contributed by atoms with van der Waals surface area (Å²) in [5, 5.41) is 9.50. The summed E-state index contributed by atoms with van der Waals surface area (Å²) >= 11 is 0. The molecule has 0 atom stereocenters. The Morgan fingerprint density at radius 1 is 0.889 bits per heavy atom. The Bertz CT molecular complexity index is 853. The van der Waals surface area contributed by atoms with Gasteiger partial charge in [0.15, 0.2) is 0 Å². The maximum atomic E-state index is 9.50. The van der Waals surface area contributed by atoms with Crippen LogP contribution in [0.2, 0.25) is 0 Å². The van der Waals surface area contributed by atoms with Gasteiger partial charge < -0.3 is 15.6 Å². The summed E-state index contributed by atoms with van der Waals surface area (Å²) in [7, 11) is 0. The second-order valence-electron chi connectivity index (χ2n) is 6.41. The SMILES string of the molecule is NCCOc1ccc(CCC(=Cc2ccc(O)cc2)c2ccccc2)cc1. The van der Waals surface area contributed by atoms with Crippen LogP contribution >= 0.6 is 0 Å². The third-order valence-electron chi connectivity index (χ3n) is 4.37. The molecule has 0 aliphatic heterocycles. The summed E-state index contributed by atoms with van der Waals surface area (Å²) < 4.78 is 5.54. The van der Waals surface area contributed by atoms with E-state index in [1.807, 2.05) is 30.3 Å². The molecular formula is C24H25NO2. The average molecular weight is 359 g/mol. The Morgan fingerprint density at radius 2 is 1.59 bits per heavy atom. The first kappa shape index (κ1) is 18.7. The number of hydrogen-bond donors (Lipinski definition) is 2. The number of rotatable bonds is 8. The van der Waals surface area contributed by atoms with Gasteiger partial charge >= 0.3 is 0 Å². The second-order valence-corrected chi connectivity index (χ2v) is 6.41. The molecule has 0 saturated carbocycles. The van der Waals surface area contributed by atoms with Crippen LogP contribution in [0.1, 0.15) is 23.1 Å². The van der Waals surface area contributed by atoms with Crippen LogP contribution in [0.25, 0.3) is 11.6 Å². The summed E-state index contributed by atoms with van der Waals surface area (Å²) in [5.74, 6) is 1.14. The molecule has 0 heterocycles. The van der Waals surface area contributed by atoms with Crippen LogP contribution in [-0.4, -0.2) is 18.3 Å². The zero-order valence-electron chi connectivity index (χ0n) is 15.3. The van der Waals surface area contributed by atoms with Crippen LogP contribution < -0.4 is 10.5 Å². The predicted octanol–water partition coefficient (Wildman–Crippen LogP) is 4.90. The van der Waals surface area contributed by atoms with E-state index >= 15 is 0 Å². The van der Waals surface area contributed by atoms with Crippen molar-refractivity contribution in [3.63, 3.8) is 0 Å². The van der Waals surface area contributed by atoms with E-state index in [4.69, 9.17) is 10.5 Å². The number of benzene rings is 3. The monoisotopic (exact) mass is 359 g/mol. The lowest BCUT2D eigenvalue weighted by Gasteiger charge is -2.10. The lowest BCUT2D eigenvalue weighted by molar-refractivity contribution is 0.328. The van der Waals surface area contributed by atoms with Gasteiger partial charge in [0.1, 0.15) is 18.1 Å². The molecule has 0 spiro atoms. The Hall–Kier alpha value is -3.04. The molecule has 3 aromatic rings. The number of aryl methyl sites for hydroxylation is 1. The highest BCUT2D eigenvalue weighted by atomic mass is 16.5. The molecule has 3 nitrogen and oxygen atoms in total. The lowest BCUT2D eigenvalue weighted by atomic mass is 9.96. The van der Waals surface area contributed by atoms with Crippen molar-refractivity contribution in [2.45, 2.75) is 12.8 Å². The molecule has 0 fully saturated rings. The van der Waals surface area contributed by atoms with E-state index in [1.54, 1.807) is 12.1 Å². The summed E-state index contributed by atoms with van der Waals surface area (Å²) in [4.78, 5) is 0. The van der Waals surface area contributed by atoms with Crippen molar-refractivity contribution >= 4 is 11.6 Å². The highest BCUT2D eigenvalue weighted by Crippen LogP contribution is 2.25. The summed E-state index contributed by atoms with van der Waals surface area (Å²) in [6, 6.07) is 25.9. The summed E-state index contributed by atoms with van der Waals surface area (Å²) in [6.07, 6.45) is 4.05. The van der Waals surface area contributed by atoms with Gasteiger partial charge in [-0.25, -0.2) is 0 Å². The Kier molecular flexibility index (Phi) is 6.66. The average Bonchev–Trinajstić information content (AvgIpc) is 2.72. The number of hydrogen-bond acceptors (Lipinski definition) is 3. The molecular weight excluding hydrogens is 334 g/mol. The van der Waals surface area contributed by atoms with Gasteiger partial charge in [0.2, 0.25) is 0 Å². The lowest BCUT2D eigenvalue weighted by Crippen LogP contribution is -2.10. The van der Waals surface area contributed by atoms with Crippen LogP contribution in [0.5, 0.6) is 11.5 Å². The first-order chi connectivity index (χ1) is 13.2. The molecule has 0 aliphatic rings. The number of phenolic OH excluding ortho intramolecular Hbond substituents is 1. The molecule has 0 unspecified atom stereocenters. The minimum atomic E-state index is 0.283. The van der Waals surface area contributed by atoms with Gasteiger partial charge in [0.05, 0.1) is 0 Å². The quantitative estimate of drug-likeness (QED) is 0.562. The number of allylic oxidation sites excluding steroid dienone is 1. The van der Waals surface area contributed by atoms with E-state index in [-0.39, 0.29) is 5.75 Å². The fourth-order valence-electron chi connectivity index (χ4n) is 2.93. The zero-order chi connectivity index (χ0) is 18.9. The number of phenols is 1. The van der Waals surface area contributed by atoms with E-state index < -0.39 is 0 Å². The van der Waals surface area contributed by atoms with Crippen LogP contribution in [0, 0.1) is 0 Å². The highest BCUT2D eigenvalue weighted by molar-refractivity contribution is 5.81. The molecule has 0 radical (unpaired) electrons. The van der Waals surface area contributed by atoms with Gasteiger partial charge in [-0.3, -0.25) is 0 Å². The minimum absolute atomic E-state index is 0.283. The maximum Gasteiger partial charge on any atom is 0.119 e. The van der Waals surface area contributed by atoms with Gasteiger partial charge in [0.25, 0.3) is 0 Å². The van der Waals surface area contributed by atoms with Gasteiger partial charge in [0, 0.05) is 6.54 Å². The molecule has 3 aromatic carbocycles. The summed E-state index contributed by atoms with van der Waals surface area (Å²) in [6.45, 7) is 1.05. The standard InChI is InChI=1S/C24H25NO2/c25-16-17-27-24-14-9-19(10-15-24)6-11-22(21-4-2-1-3-5-21)18-20-7-12-23(26)13-8-20/h1-5,7-10,12-15,18,26H,6,11,16-17,25H2. The Balaban J connectivity index is 1.75. The van der Waals surface area contributed by atoms with Gasteiger partial charge in [-0.05, 0) is 59.4 Å². The molecule has 3 heteroatoms. The number of aromatic hydroxyl groups is 1. The molecule has 3 N–H and O–H groups in total. The van der Waals surface area contributed by atoms with E-state index in [9.17, 15) is 5.11 Å². The topological polar surface area (TPSA) is 55.5 Å². The van der Waals surface area contributed by atoms with Crippen molar-refractivity contribution in [1.82, 2.24) is 0 Å². The van der Waals surface area contributed by atoms with Crippen molar-refractivity contribution < 1.29 is 9.84 Å². The van der Waals surface area contributed by atoms with Crippen LogP contribution in [0.15, 0.2) is 78.9 Å². The fourth-order valence-corrected chi connectivity index (χ4v) is 2.93. The predicted molar refractivity (Wildman–Crippen MR) is 112 cm³/mol. The van der Waals surface area contributed by atoms with Crippen molar-refractivity contribution in [1.29, 1.82) is 0 Å². The van der Waals surface area contributed by atoms with E-state index in [0.717, 1.165) is 24.2 Å². The molecule has 0 amide bonds. The molecule has 0 bridgehead atoms. The Labute approximate surface area is 160 Å². The van der Waals surface area contributed by atoms with Crippen molar-refractivity contribution in [3.8, 4) is 11.5 Å². The molecule has 27 heavy (non-hydrogen) atoms. The normalized spacial score (nSPS) is 11.4. The van der Waals surface area contributed by atoms with Gasteiger partial charge in [-0.15, -0.1) is 0 Å².